The van der Waals surface area contributed by atoms with E-state index in [0.717, 1.165) is 12.1 Å². The highest BCUT2D eigenvalue weighted by molar-refractivity contribution is 9.10. The largest absolute Gasteiger partial charge is 0.396 e. The van der Waals surface area contributed by atoms with Crippen molar-refractivity contribution >= 4 is 15.9 Å². The van der Waals surface area contributed by atoms with Gasteiger partial charge in [0.05, 0.1) is 12.6 Å². The zero-order valence-electron chi connectivity index (χ0n) is 7.36. The molecular formula is C8H6BrF2N3O. The second-order valence-corrected chi connectivity index (χ2v) is 3.55. The van der Waals surface area contributed by atoms with E-state index in [-0.39, 0.29) is 10.0 Å². The third kappa shape index (κ3) is 2.65. The molecule has 1 N–H and O–H groups in total. The molecule has 0 heterocycles. The molecule has 1 rings (SSSR count). The molecule has 0 aliphatic rings. The lowest BCUT2D eigenvalue weighted by Crippen LogP contribution is -2.02. The minimum atomic E-state index is -1.06. The van der Waals surface area contributed by atoms with Gasteiger partial charge in [-0.05, 0) is 23.2 Å². The van der Waals surface area contributed by atoms with Gasteiger partial charge >= 0.3 is 0 Å². The first kappa shape index (κ1) is 11.9. The molecule has 7 heteroatoms. The topological polar surface area (TPSA) is 69.0 Å². The molecule has 0 radical (unpaired) electrons. The van der Waals surface area contributed by atoms with E-state index in [1.807, 2.05) is 0 Å². The van der Waals surface area contributed by atoms with Crippen LogP contribution in [-0.4, -0.2) is 11.7 Å². The van der Waals surface area contributed by atoms with Crippen LogP contribution >= 0.6 is 15.9 Å². The van der Waals surface area contributed by atoms with Gasteiger partial charge in [-0.1, -0.05) is 21.0 Å². The van der Waals surface area contributed by atoms with E-state index in [1.54, 1.807) is 0 Å². The predicted molar refractivity (Wildman–Crippen MR) is 53.0 cm³/mol. The molecule has 0 amide bonds. The fourth-order valence-electron chi connectivity index (χ4n) is 1.05. The number of aliphatic hydroxyl groups is 1. The van der Waals surface area contributed by atoms with Crippen molar-refractivity contribution in [2.75, 3.05) is 6.61 Å². The summed E-state index contributed by atoms with van der Waals surface area (Å²) in [5.74, 6) is -2.07. The molecule has 1 unspecified atom stereocenters. The van der Waals surface area contributed by atoms with E-state index in [1.165, 1.54) is 0 Å². The average molecular weight is 278 g/mol. The number of benzene rings is 1. The maximum atomic E-state index is 12.9. The average Bonchev–Trinajstić information content (AvgIpc) is 2.20. The minimum Gasteiger partial charge on any atom is -0.396 e. The highest BCUT2D eigenvalue weighted by Gasteiger charge is 2.15. The van der Waals surface area contributed by atoms with Gasteiger partial charge in [-0.3, -0.25) is 0 Å². The molecule has 1 atom stereocenters. The number of nitrogens with zero attached hydrogens (tertiary/aromatic N) is 3. The van der Waals surface area contributed by atoms with Crippen molar-refractivity contribution in [3.8, 4) is 0 Å². The summed E-state index contributed by atoms with van der Waals surface area (Å²) in [5.41, 5.74) is 8.41. The summed E-state index contributed by atoms with van der Waals surface area (Å²) < 4.78 is 25.9. The summed E-state index contributed by atoms with van der Waals surface area (Å²) in [5, 5.41) is 12.1. The Bertz CT molecular complexity index is 421. The van der Waals surface area contributed by atoms with Gasteiger partial charge in [0.25, 0.3) is 0 Å². The summed E-state index contributed by atoms with van der Waals surface area (Å²) in [4.78, 5) is 2.50. The number of azide groups is 1. The number of halogens is 3. The van der Waals surface area contributed by atoms with Crippen molar-refractivity contribution in [1.82, 2.24) is 0 Å². The highest BCUT2D eigenvalue weighted by atomic mass is 79.9. The normalized spacial score (nSPS) is 12.0. The third-order valence-corrected chi connectivity index (χ3v) is 2.45. The smallest absolute Gasteiger partial charge is 0.159 e. The van der Waals surface area contributed by atoms with Crippen LogP contribution in [0.3, 0.4) is 0 Å². The van der Waals surface area contributed by atoms with Gasteiger partial charge in [-0.2, -0.15) is 0 Å². The van der Waals surface area contributed by atoms with E-state index in [2.05, 4.69) is 26.0 Å². The Hall–Kier alpha value is -1.17. The van der Waals surface area contributed by atoms with Crippen LogP contribution in [0.2, 0.25) is 0 Å². The first-order chi connectivity index (χ1) is 7.10. The van der Waals surface area contributed by atoms with Gasteiger partial charge < -0.3 is 5.11 Å². The first-order valence-electron chi connectivity index (χ1n) is 3.89. The van der Waals surface area contributed by atoms with Gasteiger partial charge in [-0.25, -0.2) is 8.78 Å². The van der Waals surface area contributed by atoms with Gasteiger partial charge in [0.15, 0.2) is 11.6 Å². The van der Waals surface area contributed by atoms with Crippen LogP contribution in [0.1, 0.15) is 11.6 Å². The van der Waals surface area contributed by atoms with Crippen molar-refractivity contribution in [2.24, 2.45) is 5.11 Å². The maximum absolute atomic E-state index is 12.9. The van der Waals surface area contributed by atoms with Crippen molar-refractivity contribution in [1.29, 1.82) is 0 Å². The molecule has 4 nitrogen and oxygen atoms in total. The van der Waals surface area contributed by atoms with E-state index < -0.39 is 24.3 Å². The Morgan fingerprint density at radius 3 is 2.60 bits per heavy atom. The molecule has 0 saturated carbocycles. The summed E-state index contributed by atoms with van der Waals surface area (Å²) in [6.45, 7) is -0.478. The van der Waals surface area contributed by atoms with E-state index in [9.17, 15) is 8.78 Å². The number of rotatable bonds is 3. The fraction of sp³-hybridized carbons (Fsp3) is 0.250. The molecule has 0 saturated heterocycles. The molecule has 1 aromatic rings. The lowest BCUT2D eigenvalue weighted by Gasteiger charge is -2.10. The van der Waals surface area contributed by atoms with Gasteiger partial charge in [-0.15, -0.1) is 0 Å². The summed E-state index contributed by atoms with van der Waals surface area (Å²) in [6, 6.07) is 0.870. The van der Waals surface area contributed by atoms with Crippen LogP contribution in [0.4, 0.5) is 8.78 Å². The third-order valence-electron chi connectivity index (χ3n) is 1.76. The molecule has 15 heavy (non-hydrogen) atoms. The Kier molecular flexibility index (Phi) is 4.02. The van der Waals surface area contributed by atoms with Crippen molar-refractivity contribution < 1.29 is 13.9 Å². The molecule has 80 valence electrons. The summed E-state index contributed by atoms with van der Waals surface area (Å²) >= 11 is 2.99. The molecule has 1 aromatic carbocycles. The van der Waals surface area contributed by atoms with Gasteiger partial charge in [0.2, 0.25) is 0 Å². The minimum absolute atomic E-state index is 0.203. The van der Waals surface area contributed by atoms with Crippen molar-refractivity contribution in [3.63, 3.8) is 0 Å². The van der Waals surface area contributed by atoms with Crippen molar-refractivity contribution in [3.05, 3.63) is 44.2 Å². The predicted octanol–water partition coefficient (Wildman–Crippen LogP) is 3.07. The standard InChI is InChI=1S/C8H6BrF2N3O/c9-5-2-7(11)6(10)1-4(5)8(3-15)13-14-12/h1-2,8,15H,3H2. The number of hydrogen-bond acceptors (Lipinski definition) is 2. The molecule has 0 bridgehead atoms. The van der Waals surface area contributed by atoms with Gasteiger partial charge in [0.1, 0.15) is 0 Å². The van der Waals surface area contributed by atoms with E-state index in [0.29, 0.717) is 0 Å². The highest BCUT2D eigenvalue weighted by Crippen LogP contribution is 2.28. The summed E-state index contributed by atoms with van der Waals surface area (Å²) in [6.07, 6.45) is 0. The van der Waals surface area contributed by atoms with Crippen LogP contribution in [-0.2, 0) is 0 Å². The molecular weight excluding hydrogens is 272 g/mol. The van der Waals surface area contributed by atoms with Crippen molar-refractivity contribution in [2.45, 2.75) is 6.04 Å². The lowest BCUT2D eigenvalue weighted by atomic mass is 10.1. The summed E-state index contributed by atoms with van der Waals surface area (Å²) in [7, 11) is 0. The van der Waals surface area contributed by atoms with Crippen LogP contribution in [0.5, 0.6) is 0 Å². The zero-order valence-corrected chi connectivity index (χ0v) is 8.95. The lowest BCUT2D eigenvalue weighted by molar-refractivity contribution is 0.267. The van der Waals surface area contributed by atoms with Crippen LogP contribution in [0.25, 0.3) is 10.4 Å². The Balaban J connectivity index is 3.23. The van der Waals surface area contributed by atoms with Crippen LogP contribution < -0.4 is 0 Å². The van der Waals surface area contributed by atoms with Crippen LogP contribution in [0.15, 0.2) is 21.7 Å². The number of aliphatic hydroxyl groups excluding tert-OH is 1. The maximum Gasteiger partial charge on any atom is 0.159 e. The molecule has 0 aromatic heterocycles. The Morgan fingerprint density at radius 1 is 1.47 bits per heavy atom. The van der Waals surface area contributed by atoms with Gasteiger partial charge in [0, 0.05) is 9.38 Å². The quantitative estimate of drug-likeness (QED) is 0.392. The number of hydrogen-bond donors (Lipinski definition) is 1. The second-order valence-electron chi connectivity index (χ2n) is 2.69. The molecule has 0 fully saturated rings. The molecule has 0 aliphatic heterocycles. The monoisotopic (exact) mass is 277 g/mol. The fourth-order valence-corrected chi connectivity index (χ4v) is 1.63. The van der Waals surface area contributed by atoms with E-state index >= 15 is 0 Å². The van der Waals surface area contributed by atoms with E-state index in [4.69, 9.17) is 10.6 Å². The molecule has 0 aliphatic carbocycles. The zero-order chi connectivity index (χ0) is 11.4. The molecule has 0 spiro atoms. The Labute approximate surface area is 92.3 Å². The van der Waals surface area contributed by atoms with Crippen LogP contribution in [0, 0.1) is 11.6 Å². The second kappa shape index (κ2) is 5.06. The SMILES string of the molecule is [N-]=[N+]=NC(CO)c1cc(F)c(F)cc1Br. The first-order valence-corrected chi connectivity index (χ1v) is 4.69. The Morgan fingerprint density at radius 2 is 2.07 bits per heavy atom.